The Kier molecular flexibility index (Phi) is 8.40. The standard InChI is InChI=1S/C27H32N2O5S/c1-6-20-9-8-10-21(7-2)27(20)28-26(30)18-29(24-17-22(33-4)13-16-25(24)34-5)35(31,32)23-14-11-19(3)12-15-23/h8-17H,6-7,18H2,1-5H3,(H,28,30). The van der Waals surface area contributed by atoms with Crippen LogP contribution in [0.3, 0.4) is 0 Å². The second kappa shape index (κ2) is 11.3. The lowest BCUT2D eigenvalue weighted by molar-refractivity contribution is -0.114. The summed E-state index contributed by atoms with van der Waals surface area (Å²) in [7, 11) is -1.17. The van der Waals surface area contributed by atoms with Crippen LogP contribution < -0.4 is 19.1 Å². The van der Waals surface area contributed by atoms with E-state index in [0.29, 0.717) is 11.5 Å². The van der Waals surface area contributed by atoms with Crippen molar-refractivity contribution >= 4 is 27.3 Å². The van der Waals surface area contributed by atoms with E-state index in [1.54, 1.807) is 30.3 Å². The molecule has 0 aliphatic rings. The molecule has 8 heteroatoms. The first-order chi connectivity index (χ1) is 16.7. The van der Waals surface area contributed by atoms with Crippen LogP contribution in [-0.4, -0.2) is 35.1 Å². The molecule has 3 rings (SSSR count). The fourth-order valence-electron chi connectivity index (χ4n) is 3.84. The molecule has 1 amide bonds. The summed E-state index contributed by atoms with van der Waals surface area (Å²) in [6, 6.07) is 17.2. The Morgan fingerprint density at radius 3 is 2.09 bits per heavy atom. The smallest absolute Gasteiger partial charge is 0.264 e. The summed E-state index contributed by atoms with van der Waals surface area (Å²) in [6.45, 7) is 5.46. The minimum Gasteiger partial charge on any atom is -0.497 e. The quantitative estimate of drug-likeness (QED) is 0.428. The van der Waals surface area contributed by atoms with Crippen molar-refractivity contribution in [3.05, 3.63) is 77.4 Å². The average molecular weight is 497 g/mol. The summed E-state index contributed by atoms with van der Waals surface area (Å²) >= 11 is 0. The highest BCUT2D eigenvalue weighted by molar-refractivity contribution is 7.92. The van der Waals surface area contributed by atoms with Crippen molar-refractivity contribution < 1.29 is 22.7 Å². The second-order valence-corrected chi connectivity index (χ2v) is 9.93. The number of benzene rings is 3. The van der Waals surface area contributed by atoms with Crippen molar-refractivity contribution in [1.82, 2.24) is 0 Å². The van der Waals surface area contributed by atoms with Crippen LogP contribution >= 0.6 is 0 Å². The maximum atomic E-state index is 13.8. The van der Waals surface area contributed by atoms with Gasteiger partial charge in [-0.05, 0) is 55.2 Å². The van der Waals surface area contributed by atoms with E-state index in [1.807, 2.05) is 39.0 Å². The van der Waals surface area contributed by atoms with E-state index in [0.717, 1.165) is 39.5 Å². The summed E-state index contributed by atoms with van der Waals surface area (Å²) in [5, 5.41) is 2.96. The highest BCUT2D eigenvalue weighted by Gasteiger charge is 2.30. The summed E-state index contributed by atoms with van der Waals surface area (Å²) in [5.74, 6) is 0.286. The Morgan fingerprint density at radius 1 is 0.914 bits per heavy atom. The van der Waals surface area contributed by atoms with Crippen LogP contribution in [0.4, 0.5) is 11.4 Å². The highest BCUT2D eigenvalue weighted by Crippen LogP contribution is 2.36. The van der Waals surface area contributed by atoms with E-state index in [4.69, 9.17) is 9.47 Å². The van der Waals surface area contributed by atoms with Gasteiger partial charge in [0.15, 0.2) is 0 Å². The summed E-state index contributed by atoms with van der Waals surface area (Å²) in [5.41, 5.74) is 3.85. The largest absolute Gasteiger partial charge is 0.497 e. The topological polar surface area (TPSA) is 84.9 Å². The number of hydrogen-bond donors (Lipinski definition) is 1. The number of nitrogens with zero attached hydrogens (tertiary/aromatic N) is 1. The number of rotatable bonds is 10. The van der Waals surface area contributed by atoms with Gasteiger partial charge in [0.05, 0.1) is 24.8 Å². The number of carbonyl (C=O) groups is 1. The molecule has 0 aromatic heterocycles. The van der Waals surface area contributed by atoms with Crippen LogP contribution in [0.15, 0.2) is 65.6 Å². The van der Waals surface area contributed by atoms with Crippen molar-refractivity contribution in [2.24, 2.45) is 0 Å². The van der Waals surface area contributed by atoms with Crippen molar-refractivity contribution in [2.45, 2.75) is 38.5 Å². The molecule has 0 spiro atoms. The molecule has 0 unspecified atom stereocenters. The zero-order chi connectivity index (χ0) is 25.6. The molecule has 7 nitrogen and oxygen atoms in total. The Balaban J connectivity index is 2.08. The highest BCUT2D eigenvalue weighted by atomic mass is 32.2. The number of carbonyl (C=O) groups excluding carboxylic acids is 1. The van der Waals surface area contributed by atoms with E-state index < -0.39 is 22.5 Å². The fraction of sp³-hybridized carbons (Fsp3) is 0.296. The zero-order valence-corrected chi connectivity index (χ0v) is 21.6. The van der Waals surface area contributed by atoms with E-state index in [1.165, 1.54) is 26.4 Å². The fourth-order valence-corrected chi connectivity index (χ4v) is 5.26. The van der Waals surface area contributed by atoms with E-state index in [2.05, 4.69) is 5.32 Å². The molecule has 0 radical (unpaired) electrons. The van der Waals surface area contributed by atoms with Gasteiger partial charge >= 0.3 is 0 Å². The van der Waals surface area contributed by atoms with Crippen LogP contribution in [0, 0.1) is 6.92 Å². The molecule has 3 aromatic carbocycles. The van der Waals surface area contributed by atoms with Gasteiger partial charge in [0.1, 0.15) is 18.0 Å². The van der Waals surface area contributed by atoms with Crippen LogP contribution in [0.2, 0.25) is 0 Å². The number of nitrogens with one attached hydrogen (secondary N) is 1. The molecule has 0 aliphatic carbocycles. The Bertz CT molecular complexity index is 1270. The zero-order valence-electron chi connectivity index (χ0n) is 20.8. The minimum absolute atomic E-state index is 0.0731. The molecule has 0 heterocycles. The molecule has 3 aromatic rings. The van der Waals surface area contributed by atoms with Gasteiger partial charge in [0.2, 0.25) is 5.91 Å². The Morgan fingerprint density at radius 2 is 1.54 bits per heavy atom. The monoisotopic (exact) mass is 496 g/mol. The predicted molar refractivity (Wildman–Crippen MR) is 139 cm³/mol. The molecule has 0 saturated carbocycles. The number of para-hydroxylation sites is 1. The van der Waals surface area contributed by atoms with Gasteiger partial charge < -0.3 is 14.8 Å². The number of aryl methyl sites for hydroxylation is 3. The van der Waals surface area contributed by atoms with Gasteiger partial charge in [0, 0.05) is 11.8 Å². The van der Waals surface area contributed by atoms with E-state index in [9.17, 15) is 13.2 Å². The third-order valence-electron chi connectivity index (χ3n) is 5.81. The molecule has 0 atom stereocenters. The number of anilines is 2. The molecule has 186 valence electrons. The molecular weight excluding hydrogens is 464 g/mol. The maximum absolute atomic E-state index is 13.8. The van der Waals surface area contributed by atoms with Crippen molar-refractivity contribution in [3.8, 4) is 11.5 Å². The minimum atomic E-state index is -4.11. The third kappa shape index (κ3) is 5.77. The number of hydrogen-bond acceptors (Lipinski definition) is 5. The second-order valence-electron chi connectivity index (χ2n) is 8.07. The summed E-state index contributed by atoms with van der Waals surface area (Å²) < 4.78 is 39.4. The first-order valence-corrected chi connectivity index (χ1v) is 12.9. The van der Waals surface area contributed by atoms with E-state index in [-0.39, 0.29) is 10.6 Å². The van der Waals surface area contributed by atoms with Crippen LogP contribution in [0.5, 0.6) is 11.5 Å². The van der Waals surface area contributed by atoms with Gasteiger partial charge in [-0.1, -0.05) is 49.7 Å². The first kappa shape index (κ1) is 26.1. The lowest BCUT2D eigenvalue weighted by Crippen LogP contribution is -2.38. The lowest BCUT2D eigenvalue weighted by Gasteiger charge is -2.26. The first-order valence-electron chi connectivity index (χ1n) is 11.5. The van der Waals surface area contributed by atoms with Gasteiger partial charge in [-0.2, -0.15) is 0 Å². The average Bonchev–Trinajstić information content (AvgIpc) is 2.87. The third-order valence-corrected chi connectivity index (χ3v) is 7.59. The molecule has 0 bridgehead atoms. The number of amides is 1. The Hall–Kier alpha value is -3.52. The predicted octanol–water partition coefficient (Wildman–Crippen LogP) is 4.97. The molecule has 0 fully saturated rings. The van der Waals surface area contributed by atoms with Gasteiger partial charge in [0.25, 0.3) is 10.0 Å². The van der Waals surface area contributed by atoms with Crippen molar-refractivity contribution in [3.63, 3.8) is 0 Å². The molecule has 1 N–H and O–H groups in total. The number of ether oxygens (including phenoxy) is 2. The van der Waals surface area contributed by atoms with Crippen molar-refractivity contribution in [1.29, 1.82) is 0 Å². The maximum Gasteiger partial charge on any atom is 0.264 e. The van der Waals surface area contributed by atoms with Gasteiger partial charge in [-0.15, -0.1) is 0 Å². The molecule has 35 heavy (non-hydrogen) atoms. The van der Waals surface area contributed by atoms with Crippen LogP contribution in [0.1, 0.15) is 30.5 Å². The van der Waals surface area contributed by atoms with Gasteiger partial charge in [-0.3, -0.25) is 9.10 Å². The Labute approximate surface area is 207 Å². The van der Waals surface area contributed by atoms with E-state index >= 15 is 0 Å². The lowest BCUT2D eigenvalue weighted by atomic mass is 10.0. The number of methoxy groups -OCH3 is 2. The summed E-state index contributed by atoms with van der Waals surface area (Å²) in [4.78, 5) is 13.4. The van der Waals surface area contributed by atoms with Crippen LogP contribution in [-0.2, 0) is 27.7 Å². The molecule has 0 aliphatic heterocycles. The summed E-state index contributed by atoms with van der Waals surface area (Å²) in [6.07, 6.45) is 1.47. The van der Waals surface area contributed by atoms with Crippen LogP contribution in [0.25, 0.3) is 0 Å². The molecule has 0 saturated heterocycles. The SMILES string of the molecule is CCc1cccc(CC)c1NC(=O)CN(c1cc(OC)ccc1OC)S(=O)(=O)c1ccc(C)cc1. The molecular formula is C27H32N2O5S. The van der Waals surface area contributed by atoms with Gasteiger partial charge in [-0.25, -0.2) is 8.42 Å². The number of sulfonamides is 1. The normalized spacial score (nSPS) is 11.1. The van der Waals surface area contributed by atoms with Crippen molar-refractivity contribution in [2.75, 3.05) is 30.4 Å².